The Bertz CT molecular complexity index is 1250. The van der Waals surface area contributed by atoms with Crippen molar-refractivity contribution in [3.63, 3.8) is 0 Å². The highest BCUT2D eigenvalue weighted by Crippen LogP contribution is 2.31. The lowest BCUT2D eigenvalue weighted by atomic mass is 9.97. The molecule has 4 rings (SSSR count). The number of benzene rings is 2. The predicted octanol–water partition coefficient (Wildman–Crippen LogP) is 3.65. The van der Waals surface area contributed by atoms with Gasteiger partial charge >= 0.3 is 0 Å². The van der Waals surface area contributed by atoms with Crippen LogP contribution in [0.5, 0.6) is 0 Å². The van der Waals surface area contributed by atoms with Gasteiger partial charge in [0.1, 0.15) is 0 Å². The molecule has 36 heavy (non-hydrogen) atoms. The number of rotatable bonds is 10. The summed E-state index contributed by atoms with van der Waals surface area (Å²) in [6, 6.07) is 18.2. The van der Waals surface area contributed by atoms with Crippen LogP contribution in [0.3, 0.4) is 0 Å². The van der Waals surface area contributed by atoms with Crippen molar-refractivity contribution in [2.75, 3.05) is 13.2 Å². The first kappa shape index (κ1) is 25.8. The molecule has 190 valence electrons. The molecule has 1 aromatic heterocycles. The van der Waals surface area contributed by atoms with Crippen LogP contribution in [0.25, 0.3) is 5.69 Å². The highest BCUT2D eigenvalue weighted by molar-refractivity contribution is 6.30. The van der Waals surface area contributed by atoms with E-state index in [1.165, 1.54) is 0 Å². The molecule has 2 atom stereocenters. The number of unbranched alkanes of at least 4 members (excludes halogenated alkanes) is 1. The molecular weight excluding hydrogens is 482 g/mol. The van der Waals surface area contributed by atoms with Gasteiger partial charge in [0.15, 0.2) is 5.76 Å². The number of aromatic nitrogens is 2. The van der Waals surface area contributed by atoms with Crippen molar-refractivity contribution >= 4 is 17.5 Å². The lowest BCUT2D eigenvalue weighted by Gasteiger charge is -2.29. The van der Waals surface area contributed by atoms with Gasteiger partial charge in [-0.1, -0.05) is 41.9 Å². The Morgan fingerprint density at radius 3 is 2.64 bits per heavy atom. The fourth-order valence-corrected chi connectivity index (χ4v) is 4.31. The summed E-state index contributed by atoms with van der Waals surface area (Å²) in [5, 5.41) is 12.5. The number of allylic oxidation sites excluding steroid dienone is 1. The molecule has 0 aliphatic carbocycles. The molecule has 8 nitrogen and oxygen atoms in total. The maximum atomic E-state index is 13.0. The van der Waals surface area contributed by atoms with Crippen molar-refractivity contribution in [2.45, 2.75) is 38.0 Å². The maximum absolute atomic E-state index is 13.0. The second kappa shape index (κ2) is 12.1. The first-order valence-electron chi connectivity index (χ1n) is 11.9. The number of carbonyl (C=O) groups excluding carboxylic acids is 1. The van der Waals surface area contributed by atoms with Gasteiger partial charge in [0.05, 0.1) is 12.3 Å². The third-order valence-electron chi connectivity index (χ3n) is 6.04. The zero-order chi connectivity index (χ0) is 25.5. The summed E-state index contributed by atoms with van der Waals surface area (Å²) >= 11 is 5.94. The number of nitrogens with one attached hydrogen (secondary N) is 1. The molecule has 0 saturated carbocycles. The summed E-state index contributed by atoms with van der Waals surface area (Å²) in [6.45, 7) is 0.790. The molecule has 0 fully saturated rings. The van der Waals surface area contributed by atoms with Crippen LogP contribution in [-0.2, 0) is 27.9 Å². The number of ether oxygens (including phenoxy) is 2. The van der Waals surface area contributed by atoms with E-state index in [4.69, 9.17) is 26.2 Å². The fraction of sp³-hybridized carbons (Fsp3) is 0.333. The summed E-state index contributed by atoms with van der Waals surface area (Å²) in [4.78, 5) is 25.9. The van der Waals surface area contributed by atoms with Crippen molar-refractivity contribution in [2.24, 2.45) is 7.05 Å². The van der Waals surface area contributed by atoms with Crippen LogP contribution < -0.4 is 10.9 Å². The molecule has 9 heteroatoms. The Morgan fingerprint density at radius 2 is 1.92 bits per heavy atom. The van der Waals surface area contributed by atoms with Gasteiger partial charge in [-0.15, -0.1) is 0 Å². The summed E-state index contributed by atoms with van der Waals surface area (Å²) in [7, 11) is 1.82. The van der Waals surface area contributed by atoms with Crippen LogP contribution in [0.2, 0.25) is 5.02 Å². The number of carbonyl (C=O) groups is 1. The van der Waals surface area contributed by atoms with Gasteiger partial charge in [-0.05, 0) is 48.7 Å². The van der Waals surface area contributed by atoms with E-state index in [1.807, 2.05) is 49.5 Å². The molecule has 0 unspecified atom stereocenters. The van der Waals surface area contributed by atoms with Gasteiger partial charge in [0, 0.05) is 49.3 Å². The normalized spacial score (nSPS) is 17.4. The number of aliphatic hydroxyl groups excluding tert-OH is 1. The van der Waals surface area contributed by atoms with Crippen LogP contribution in [0.1, 0.15) is 36.4 Å². The topological polar surface area (TPSA) is 94.7 Å². The Morgan fingerprint density at radius 1 is 1.17 bits per heavy atom. The Hall–Kier alpha value is -3.33. The largest absolute Gasteiger partial charge is 0.459 e. The van der Waals surface area contributed by atoms with E-state index in [9.17, 15) is 9.59 Å². The minimum atomic E-state index is -0.662. The summed E-state index contributed by atoms with van der Waals surface area (Å²) in [6.07, 6.45) is 2.82. The minimum absolute atomic E-state index is 0.0882. The summed E-state index contributed by atoms with van der Waals surface area (Å²) in [5.74, 6) is -0.501. The number of hydrogen-bond donors (Lipinski definition) is 2. The average Bonchev–Trinajstić information content (AvgIpc) is 3.20. The van der Waals surface area contributed by atoms with Gasteiger partial charge in [-0.2, -0.15) is 0 Å². The van der Waals surface area contributed by atoms with Gasteiger partial charge in [0.25, 0.3) is 11.5 Å². The second-order valence-electron chi connectivity index (χ2n) is 8.61. The highest BCUT2D eigenvalue weighted by Gasteiger charge is 2.31. The number of halogens is 1. The standard InChI is InChI=1S/C27H30ClN3O5/c1-30-23(17-25(33)31(30)22-7-3-2-4-8-22)20-15-24(36-26(16-20)35-14-6-5-13-32)27(34)29-18-19-9-11-21(28)12-10-19/h2-4,7-12,15,17,20,26,32H,5-6,13-14,16,18H2,1H3,(H,29,34)/t20-,26+/m0/s1. The van der Waals surface area contributed by atoms with Gasteiger partial charge in [-0.25, -0.2) is 4.68 Å². The molecule has 0 bridgehead atoms. The van der Waals surface area contributed by atoms with Gasteiger partial charge in [0.2, 0.25) is 6.29 Å². The predicted molar refractivity (Wildman–Crippen MR) is 137 cm³/mol. The molecule has 0 saturated heterocycles. The smallest absolute Gasteiger partial charge is 0.286 e. The third kappa shape index (κ3) is 6.26. The molecule has 1 aliphatic rings. The number of amides is 1. The van der Waals surface area contributed by atoms with Crippen molar-refractivity contribution in [3.8, 4) is 5.69 Å². The molecule has 3 aromatic rings. The molecule has 2 aromatic carbocycles. The number of hydrogen-bond acceptors (Lipinski definition) is 5. The SMILES string of the molecule is Cn1c([C@H]2C=C(C(=O)NCc3ccc(Cl)cc3)O[C@@H](OCCCCO)C2)cc(=O)n1-c1ccccc1. The lowest BCUT2D eigenvalue weighted by molar-refractivity contribution is -0.146. The van der Waals surface area contributed by atoms with E-state index < -0.39 is 6.29 Å². The quantitative estimate of drug-likeness (QED) is 0.405. The van der Waals surface area contributed by atoms with Crippen LogP contribution in [0, 0.1) is 0 Å². The lowest BCUT2D eigenvalue weighted by Crippen LogP contribution is -2.33. The Kier molecular flexibility index (Phi) is 8.64. The van der Waals surface area contributed by atoms with E-state index in [0.29, 0.717) is 37.4 Å². The first-order chi connectivity index (χ1) is 17.5. The molecule has 0 radical (unpaired) electrons. The van der Waals surface area contributed by atoms with Crippen molar-refractivity contribution in [3.05, 3.63) is 99.1 Å². The van der Waals surface area contributed by atoms with Gasteiger partial charge in [-0.3, -0.25) is 14.3 Å². The maximum Gasteiger partial charge on any atom is 0.286 e. The van der Waals surface area contributed by atoms with Crippen molar-refractivity contribution < 1.29 is 19.4 Å². The van der Waals surface area contributed by atoms with Crippen molar-refractivity contribution in [1.82, 2.24) is 14.7 Å². The van der Waals surface area contributed by atoms with Crippen LogP contribution in [0.4, 0.5) is 0 Å². The Balaban J connectivity index is 1.57. The van der Waals surface area contributed by atoms with E-state index in [1.54, 1.807) is 33.6 Å². The third-order valence-corrected chi connectivity index (χ3v) is 6.29. The van der Waals surface area contributed by atoms with Crippen LogP contribution in [0.15, 0.2) is 77.3 Å². The number of para-hydroxylation sites is 1. The fourth-order valence-electron chi connectivity index (χ4n) is 4.19. The molecule has 2 N–H and O–H groups in total. The molecule has 0 spiro atoms. The minimum Gasteiger partial charge on any atom is -0.459 e. The van der Waals surface area contributed by atoms with Gasteiger partial charge < -0.3 is 19.9 Å². The molecule has 1 aliphatic heterocycles. The van der Waals surface area contributed by atoms with E-state index in [-0.39, 0.29) is 29.8 Å². The average molecular weight is 512 g/mol. The first-order valence-corrected chi connectivity index (χ1v) is 12.3. The molecular formula is C27H30ClN3O5. The van der Waals surface area contributed by atoms with E-state index in [0.717, 1.165) is 16.9 Å². The second-order valence-corrected chi connectivity index (χ2v) is 9.05. The Labute approximate surface area is 214 Å². The highest BCUT2D eigenvalue weighted by atomic mass is 35.5. The van der Waals surface area contributed by atoms with E-state index >= 15 is 0 Å². The molecule has 1 amide bonds. The van der Waals surface area contributed by atoms with Crippen LogP contribution >= 0.6 is 11.6 Å². The monoisotopic (exact) mass is 511 g/mol. The zero-order valence-corrected chi connectivity index (χ0v) is 20.9. The number of nitrogens with zero attached hydrogens (tertiary/aromatic N) is 2. The van der Waals surface area contributed by atoms with Crippen molar-refractivity contribution in [1.29, 1.82) is 0 Å². The van der Waals surface area contributed by atoms with Crippen LogP contribution in [-0.4, -0.2) is 39.9 Å². The summed E-state index contributed by atoms with van der Waals surface area (Å²) < 4.78 is 15.2. The van der Waals surface area contributed by atoms with E-state index in [2.05, 4.69) is 5.32 Å². The molecule has 2 heterocycles. The summed E-state index contributed by atoms with van der Waals surface area (Å²) in [5.41, 5.74) is 2.25. The number of aliphatic hydroxyl groups is 1. The zero-order valence-electron chi connectivity index (χ0n) is 20.1.